The average molecular weight is 471 g/mol. The molecule has 8 nitrogen and oxygen atoms in total. The molecule has 2 unspecified atom stereocenters. The van der Waals surface area contributed by atoms with Crippen LogP contribution >= 0.6 is 7.82 Å². The Hall–Kier alpha value is -0.0500. The van der Waals surface area contributed by atoms with Gasteiger partial charge in [-0.1, -0.05) is 13.8 Å². The van der Waals surface area contributed by atoms with Gasteiger partial charge in [0.2, 0.25) is 0 Å². The van der Waals surface area contributed by atoms with Gasteiger partial charge in [0.25, 0.3) is 0 Å². The Kier molecular flexibility index (Phi) is 11.4. The smallest absolute Gasteiger partial charge is 0.303 e. The molecule has 0 saturated heterocycles. The molecule has 0 aromatic carbocycles. The van der Waals surface area contributed by atoms with E-state index in [-0.39, 0.29) is 24.4 Å². The van der Waals surface area contributed by atoms with E-state index in [9.17, 15) is 14.4 Å². The normalized spacial score (nSPS) is 17.5. The summed E-state index contributed by atoms with van der Waals surface area (Å²) in [6.45, 7) is 23.2. The maximum atomic E-state index is 11.4. The molecule has 0 bridgehead atoms. The summed E-state index contributed by atoms with van der Waals surface area (Å²) in [5.41, 5.74) is -2.06. The van der Waals surface area contributed by atoms with Crippen LogP contribution in [0.5, 0.6) is 0 Å². The minimum absolute atomic E-state index is 0.0273. The SMILES string of the molecule is CC(CC(C)(C)OOC(C)(C)C)C(COP(=O)(O)O)C(C)CC(C)(C)OOC(C)(C)C. The zero-order chi connectivity index (χ0) is 24.9. The summed E-state index contributed by atoms with van der Waals surface area (Å²) >= 11 is 0. The van der Waals surface area contributed by atoms with Gasteiger partial charge in [0.15, 0.2) is 0 Å². The quantitative estimate of drug-likeness (QED) is 0.197. The van der Waals surface area contributed by atoms with Gasteiger partial charge in [-0.15, -0.1) is 0 Å². The fourth-order valence-corrected chi connectivity index (χ4v) is 3.84. The molecule has 0 aromatic rings. The molecule has 9 heteroatoms. The first-order valence-electron chi connectivity index (χ1n) is 11.0. The monoisotopic (exact) mass is 470 g/mol. The lowest BCUT2D eigenvalue weighted by molar-refractivity contribution is -0.401. The lowest BCUT2D eigenvalue weighted by Crippen LogP contribution is -2.38. The summed E-state index contributed by atoms with van der Waals surface area (Å²) in [4.78, 5) is 40.8. The molecule has 0 rings (SSSR count). The van der Waals surface area contributed by atoms with Crippen LogP contribution in [0.15, 0.2) is 0 Å². The summed E-state index contributed by atoms with van der Waals surface area (Å²) in [6.07, 6.45) is 1.23. The van der Waals surface area contributed by atoms with E-state index in [1.54, 1.807) is 0 Å². The number of hydrogen-bond donors (Lipinski definition) is 2. The van der Waals surface area contributed by atoms with Crippen LogP contribution < -0.4 is 0 Å². The highest BCUT2D eigenvalue weighted by Gasteiger charge is 2.36. The van der Waals surface area contributed by atoms with E-state index in [1.165, 1.54) is 0 Å². The Bertz CT molecular complexity index is 533. The second-order valence-corrected chi connectivity index (χ2v) is 13.1. The maximum absolute atomic E-state index is 11.4. The summed E-state index contributed by atoms with van der Waals surface area (Å²) in [7, 11) is -4.58. The first kappa shape index (κ1) is 30.9. The maximum Gasteiger partial charge on any atom is 0.469 e. The van der Waals surface area contributed by atoms with Crippen molar-refractivity contribution in [2.24, 2.45) is 17.8 Å². The van der Waals surface area contributed by atoms with Crippen molar-refractivity contribution in [3.05, 3.63) is 0 Å². The molecular formula is C22H47O8P. The lowest BCUT2D eigenvalue weighted by Gasteiger charge is -2.38. The van der Waals surface area contributed by atoms with Gasteiger partial charge in [-0.25, -0.2) is 24.1 Å². The molecule has 0 saturated carbocycles. The zero-order valence-corrected chi connectivity index (χ0v) is 22.5. The first-order chi connectivity index (χ1) is 13.5. The third-order valence-corrected chi connectivity index (χ3v) is 5.04. The van der Waals surface area contributed by atoms with Gasteiger partial charge in [-0.05, 0) is 99.8 Å². The fourth-order valence-electron chi connectivity index (χ4n) is 3.47. The van der Waals surface area contributed by atoms with Crippen molar-refractivity contribution in [2.75, 3.05) is 6.61 Å². The lowest BCUT2D eigenvalue weighted by atomic mass is 9.75. The van der Waals surface area contributed by atoms with Gasteiger partial charge < -0.3 is 9.79 Å². The fraction of sp³-hybridized carbons (Fsp3) is 1.00. The van der Waals surface area contributed by atoms with Gasteiger partial charge in [0.05, 0.1) is 29.0 Å². The van der Waals surface area contributed by atoms with Gasteiger partial charge in [-0.2, -0.15) is 0 Å². The molecule has 0 amide bonds. The van der Waals surface area contributed by atoms with Crippen molar-refractivity contribution in [1.29, 1.82) is 0 Å². The Morgan fingerprint density at radius 2 is 1.00 bits per heavy atom. The van der Waals surface area contributed by atoms with Crippen molar-refractivity contribution in [3.63, 3.8) is 0 Å². The number of rotatable bonds is 13. The Labute approximate surface area is 189 Å². The molecule has 0 aliphatic carbocycles. The standard InChI is InChI=1S/C22H47O8P/c1-16(13-21(9,10)29-27-19(3,4)5)18(15-26-31(23,24)25)17(2)14-22(11,12)30-28-20(6,7)8/h16-18H,13-15H2,1-12H3,(H2,23,24,25). The van der Waals surface area contributed by atoms with Crippen LogP contribution in [0.2, 0.25) is 0 Å². The topological polar surface area (TPSA) is 104 Å². The van der Waals surface area contributed by atoms with E-state index in [2.05, 4.69) is 0 Å². The zero-order valence-electron chi connectivity index (χ0n) is 21.6. The number of phosphoric acid groups is 1. The van der Waals surface area contributed by atoms with Crippen molar-refractivity contribution < 1.29 is 38.4 Å². The molecule has 0 radical (unpaired) electrons. The molecule has 0 fully saturated rings. The molecule has 0 aliphatic heterocycles. The number of hydrogen-bond acceptors (Lipinski definition) is 6. The van der Waals surface area contributed by atoms with E-state index in [4.69, 9.17) is 24.1 Å². The van der Waals surface area contributed by atoms with Crippen LogP contribution in [0.3, 0.4) is 0 Å². The average Bonchev–Trinajstić information content (AvgIpc) is 2.48. The third kappa shape index (κ3) is 16.2. The molecule has 31 heavy (non-hydrogen) atoms. The first-order valence-corrected chi connectivity index (χ1v) is 12.5. The van der Waals surface area contributed by atoms with Crippen LogP contribution in [0, 0.1) is 17.8 Å². The largest absolute Gasteiger partial charge is 0.469 e. The van der Waals surface area contributed by atoms with Crippen molar-refractivity contribution in [1.82, 2.24) is 0 Å². The molecule has 0 aliphatic rings. The summed E-state index contributed by atoms with van der Waals surface area (Å²) in [5, 5.41) is 0. The molecule has 2 atom stereocenters. The van der Waals surface area contributed by atoms with Gasteiger partial charge in [0, 0.05) is 0 Å². The predicted octanol–water partition coefficient (Wildman–Crippen LogP) is 5.81. The molecular weight excluding hydrogens is 423 g/mol. The second-order valence-electron chi connectivity index (χ2n) is 11.9. The van der Waals surface area contributed by atoms with Crippen LogP contribution in [0.25, 0.3) is 0 Å². The van der Waals surface area contributed by atoms with Gasteiger partial charge in [-0.3, -0.25) is 4.52 Å². The van der Waals surface area contributed by atoms with E-state index in [0.717, 1.165) is 0 Å². The van der Waals surface area contributed by atoms with Crippen LogP contribution in [0.1, 0.15) is 95.9 Å². The van der Waals surface area contributed by atoms with E-state index < -0.39 is 30.2 Å². The van der Waals surface area contributed by atoms with Crippen LogP contribution in [-0.4, -0.2) is 38.8 Å². The van der Waals surface area contributed by atoms with Crippen molar-refractivity contribution >= 4 is 7.82 Å². The molecule has 0 aromatic heterocycles. The second kappa shape index (κ2) is 11.4. The highest BCUT2D eigenvalue weighted by Crippen LogP contribution is 2.41. The highest BCUT2D eigenvalue weighted by atomic mass is 31.2. The minimum atomic E-state index is -4.58. The summed E-state index contributed by atoms with van der Waals surface area (Å²) in [5.74, 6) is -0.0958. The van der Waals surface area contributed by atoms with E-state index in [1.807, 2.05) is 83.1 Å². The molecule has 2 N–H and O–H groups in total. The van der Waals surface area contributed by atoms with Crippen LogP contribution in [-0.2, 0) is 28.6 Å². The van der Waals surface area contributed by atoms with Crippen molar-refractivity contribution in [2.45, 2.75) is 118 Å². The minimum Gasteiger partial charge on any atom is -0.303 e. The Morgan fingerprint density at radius 1 is 0.677 bits per heavy atom. The summed E-state index contributed by atoms with van der Waals surface area (Å²) < 4.78 is 16.3. The molecule has 0 spiro atoms. The molecule has 0 heterocycles. The van der Waals surface area contributed by atoms with E-state index in [0.29, 0.717) is 12.8 Å². The third-order valence-electron chi connectivity index (χ3n) is 4.56. The van der Waals surface area contributed by atoms with Gasteiger partial charge >= 0.3 is 7.82 Å². The highest BCUT2D eigenvalue weighted by molar-refractivity contribution is 7.46. The molecule has 188 valence electrons. The Morgan fingerprint density at radius 3 is 1.26 bits per heavy atom. The van der Waals surface area contributed by atoms with Crippen molar-refractivity contribution in [3.8, 4) is 0 Å². The van der Waals surface area contributed by atoms with Gasteiger partial charge in [0.1, 0.15) is 0 Å². The Balaban J connectivity index is 5.32. The van der Waals surface area contributed by atoms with E-state index >= 15 is 0 Å². The van der Waals surface area contributed by atoms with Crippen LogP contribution in [0.4, 0.5) is 0 Å². The summed E-state index contributed by atoms with van der Waals surface area (Å²) in [6, 6.07) is 0. The number of phosphoric ester groups is 1. The predicted molar refractivity (Wildman–Crippen MR) is 121 cm³/mol.